The summed E-state index contributed by atoms with van der Waals surface area (Å²) < 4.78 is 5.29. The molecule has 6 nitrogen and oxygen atoms in total. The number of carbonyl (C=O) groups excluding carboxylic acids is 3. The molecule has 0 radical (unpaired) electrons. The quantitative estimate of drug-likeness (QED) is 0.389. The second-order valence-electron chi connectivity index (χ2n) is 6.35. The van der Waals surface area contributed by atoms with Crippen LogP contribution in [0.2, 0.25) is 0 Å². The SMILES string of the molecule is NC(=O)c1ccsc1NC(=O)COC(=O)c1c2ccccc2cc2ccccc12. The fraction of sp³-hybridized carbons (Fsp3) is 0.0455. The third kappa shape index (κ3) is 3.68. The molecule has 1 aromatic heterocycles. The zero-order valence-corrected chi connectivity index (χ0v) is 16.0. The molecule has 4 aromatic rings. The fourth-order valence-electron chi connectivity index (χ4n) is 3.20. The monoisotopic (exact) mass is 404 g/mol. The molecule has 144 valence electrons. The maximum Gasteiger partial charge on any atom is 0.339 e. The number of hydrogen-bond donors (Lipinski definition) is 2. The summed E-state index contributed by atoms with van der Waals surface area (Å²) in [7, 11) is 0. The molecular weight excluding hydrogens is 388 g/mol. The number of primary amides is 1. The number of amides is 2. The van der Waals surface area contributed by atoms with Crippen LogP contribution in [0.5, 0.6) is 0 Å². The van der Waals surface area contributed by atoms with Gasteiger partial charge in [0.2, 0.25) is 0 Å². The third-order valence-electron chi connectivity index (χ3n) is 4.49. The van der Waals surface area contributed by atoms with Gasteiger partial charge in [-0.15, -0.1) is 11.3 Å². The van der Waals surface area contributed by atoms with Crippen molar-refractivity contribution in [3.63, 3.8) is 0 Å². The van der Waals surface area contributed by atoms with Gasteiger partial charge in [-0.1, -0.05) is 48.5 Å². The highest BCUT2D eigenvalue weighted by molar-refractivity contribution is 7.14. The van der Waals surface area contributed by atoms with Crippen LogP contribution in [0.4, 0.5) is 5.00 Å². The van der Waals surface area contributed by atoms with E-state index >= 15 is 0 Å². The lowest BCUT2D eigenvalue weighted by molar-refractivity contribution is -0.119. The molecule has 7 heteroatoms. The van der Waals surface area contributed by atoms with Gasteiger partial charge >= 0.3 is 5.97 Å². The first-order chi connectivity index (χ1) is 14.0. The third-order valence-corrected chi connectivity index (χ3v) is 5.32. The predicted octanol–water partition coefficient (Wildman–Crippen LogP) is 3.95. The van der Waals surface area contributed by atoms with Gasteiger partial charge in [-0.3, -0.25) is 9.59 Å². The van der Waals surface area contributed by atoms with Crippen LogP contribution in [-0.4, -0.2) is 24.4 Å². The maximum absolute atomic E-state index is 12.9. The molecule has 0 bridgehead atoms. The van der Waals surface area contributed by atoms with Crippen LogP contribution in [0.25, 0.3) is 21.5 Å². The number of esters is 1. The van der Waals surface area contributed by atoms with Crippen LogP contribution in [0, 0.1) is 0 Å². The predicted molar refractivity (Wildman–Crippen MR) is 113 cm³/mol. The minimum atomic E-state index is -0.638. The van der Waals surface area contributed by atoms with Crippen LogP contribution >= 0.6 is 11.3 Å². The number of benzene rings is 3. The summed E-state index contributed by atoms with van der Waals surface area (Å²) in [4.78, 5) is 36.5. The number of fused-ring (bicyclic) bond motifs is 2. The Hall–Kier alpha value is -3.71. The Kier molecular flexibility index (Phi) is 4.97. The molecule has 29 heavy (non-hydrogen) atoms. The van der Waals surface area contributed by atoms with Crippen LogP contribution in [0.1, 0.15) is 20.7 Å². The maximum atomic E-state index is 12.9. The zero-order valence-electron chi connectivity index (χ0n) is 15.2. The Morgan fingerprint density at radius 1 is 0.931 bits per heavy atom. The van der Waals surface area contributed by atoms with Crippen LogP contribution in [0.3, 0.4) is 0 Å². The molecule has 0 aliphatic carbocycles. The molecule has 0 aliphatic rings. The van der Waals surface area contributed by atoms with Gasteiger partial charge in [-0.05, 0) is 39.1 Å². The van der Waals surface area contributed by atoms with Crippen molar-refractivity contribution < 1.29 is 19.1 Å². The Morgan fingerprint density at radius 3 is 2.17 bits per heavy atom. The topological polar surface area (TPSA) is 98.5 Å². The van der Waals surface area contributed by atoms with E-state index in [2.05, 4.69) is 5.32 Å². The molecule has 0 saturated carbocycles. The first-order valence-electron chi connectivity index (χ1n) is 8.79. The largest absolute Gasteiger partial charge is 0.452 e. The second-order valence-corrected chi connectivity index (χ2v) is 7.26. The van der Waals surface area contributed by atoms with E-state index in [-0.39, 0.29) is 5.56 Å². The van der Waals surface area contributed by atoms with Gasteiger partial charge in [0.15, 0.2) is 6.61 Å². The highest BCUT2D eigenvalue weighted by atomic mass is 32.1. The molecule has 0 unspecified atom stereocenters. The normalized spacial score (nSPS) is 10.8. The van der Waals surface area contributed by atoms with E-state index in [9.17, 15) is 14.4 Å². The van der Waals surface area contributed by atoms with Gasteiger partial charge in [-0.2, -0.15) is 0 Å². The highest BCUT2D eigenvalue weighted by Crippen LogP contribution is 2.29. The standard InChI is InChI=1S/C22H16N2O4S/c23-20(26)17-9-10-29-21(17)24-18(25)12-28-22(27)19-15-7-3-1-5-13(15)11-14-6-2-4-8-16(14)19/h1-11H,12H2,(H2,23,26)(H,24,25). The molecule has 0 saturated heterocycles. The fourth-order valence-corrected chi connectivity index (χ4v) is 4.01. The number of ether oxygens (including phenoxy) is 1. The number of anilines is 1. The molecule has 1 heterocycles. The number of rotatable bonds is 5. The van der Waals surface area contributed by atoms with Crippen LogP contribution in [-0.2, 0) is 9.53 Å². The minimum absolute atomic E-state index is 0.217. The Labute approximate surface area is 169 Å². The van der Waals surface area contributed by atoms with Gasteiger partial charge < -0.3 is 15.8 Å². The Balaban J connectivity index is 1.58. The van der Waals surface area contributed by atoms with E-state index in [0.29, 0.717) is 10.6 Å². The average Bonchev–Trinajstić information content (AvgIpc) is 3.18. The molecular formula is C22H16N2O4S. The van der Waals surface area contributed by atoms with Crippen molar-refractivity contribution in [1.82, 2.24) is 0 Å². The Morgan fingerprint density at radius 2 is 1.55 bits per heavy atom. The lowest BCUT2D eigenvalue weighted by Gasteiger charge is -2.11. The molecule has 0 fully saturated rings. The van der Waals surface area contributed by atoms with Crippen molar-refractivity contribution in [2.75, 3.05) is 11.9 Å². The summed E-state index contributed by atoms with van der Waals surface area (Å²) >= 11 is 1.17. The molecule has 4 rings (SSSR count). The number of nitrogens with one attached hydrogen (secondary N) is 1. The van der Waals surface area contributed by atoms with Crippen LogP contribution in [0.15, 0.2) is 66.0 Å². The first-order valence-corrected chi connectivity index (χ1v) is 9.67. The van der Waals surface area contributed by atoms with E-state index in [1.54, 1.807) is 5.38 Å². The van der Waals surface area contributed by atoms with Crippen molar-refractivity contribution in [3.05, 3.63) is 77.2 Å². The van der Waals surface area contributed by atoms with Crippen molar-refractivity contribution in [3.8, 4) is 0 Å². The molecule has 0 spiro atoms. The minimum Gasteiger partial charge on any atom is -0.452 e. The van der Waals surface area contributed by atoms with Crippen molar-refractivity contribution >= 4 is 55.7 Å². The smallest absolute Gasteiger partial charge is 0.339 e. The van der Waals surface area contributed by atoms with Gasteiger partial charge in [0.05, 0.1) is 11.1 Å². The number of hydrogen-bond acceptors (Lipinski definition) is 5. The zero-order chi connectivity index (χ0) is 20.4. The molecule has 3 N–H and O–H groups in total. The van der Waals surface area contributed by atoms with Gasteiger partial charge in [0.25, 0.3) is 11.8 Å². The summed E-state index contributed by atoms with van der Waals surface area (Å²) in [6.07, 6.45) is 0. The number of carbonyl (C=O) groups is 3. The number of nitrogens with two attached hydrogens (primary N) is 1. The van der Waals surface area contributed by atoms with E-state index < -0.39 is 24.4 Å². The average molecular weight is 404 g/mol. The summed E-state index contributed by atoms with van der Waals surface area (Å²) in [6.45, 7) is -0.480. The highest BCUT2D eigenvalue weighted by Gasteiger charge is 2.18. The first kappa shape index (κ1) is 18.6. The van der Waals surface area contributed by atoms with Gasteiger partial charge in [-0.25, -0.2) is 4.79 Å². The summed E-state index contributed by atoms with van der Waals surface area (Å²) in [5.41, 5.74) is 5.90. The van der Waals surface area contributed by atoms with E-state index in [1.807, 2.05) is 54.6 Å². The van der Waals surface area contributed by atoms with E-state index in [1.165, 1.54) is 17.4 Å². The van der Waals surface area contributed by atoms with Gasteiger partial charge in [0.1, 0.15) is 5.00 Å². The van der Waals surface area contributed by atoms with E-state index in [0.717, 1.165) is 21.5 Å². The summed E-state index contributed by atoms with van der Waals surface area (Å²) in [5, 5.41) is 7.86. The lowest BCUT2D eigenvalue weighted by Crippen LogP contribution is -2.22. The molecule has 0 aliphatic heterocycles. The number of thiophene rings is 1. The Bertz CT molecular complexity index is 1210. The van der Waals surface area contributed by atoms with Crippen molar-refractivity contribution in [1.29, 1.82) is 0 Å². The van der Waals surface area contributed by atoms with E-state index in [4.69, 9.17) is 10.5 Å². The molecule has 3 aromatic carbocycles. The van der Waals surface area contributed by atoms with Crippen LogP contribution < -0.4 is 11.1 Å². The second kappa shape index (κ2) is 7.73. The molecule has 0 atom stereocenters. The lowest BCUT2D eigenvalue weighted by atomic mass is 9.97. The summed E-state index contributed by atoms with van der Waals surface area (Å²) in [6, 6.07) is 18.6. The molecule has 2 amide bonds. The van der Waals surface area contributed by atoms with Crippen molar-refractivity contribution in [2.45, 2.75) is 0 Å². The summed E-state index contributed by atoms with van der Waals surface area (Å²) in [5.74, 6) is -1.77. The van der Waals surface area contributed by atoms with Gasteiger partial charge in [0, 0.05) is 0 Å². The van der Waals surface area contributed by atoms with Crippen molar-refractivity contribution in [2.24, 2.45) is 5.73 Å².